The summed E-state index contributed by atoms with van der Waals surface area (Å²) < 4.78 is 11.1. The van der Waals surface area contributed by atoms with Gasteiger partial charge in [0, 0.05) is 5.75 Å². The molecule has 0 aliphatic rings. The van der Waals surface area contributed by atoms with Gasteiger partial charge in [-0.05, 0) is 24.6 Å². The topological polar surface area (TPSA) is 18.5 Å². The lowest BCUT2D eigenvalue weighted by molar-refractivity contribution is 0.324. The molecular formula is C16H18O2S. The molecule has 0 radical (unpaired) electrons. The summed E-state index contributed by atoms with van der Waals surface area (Å²) in [7, 11) is 1.69. The summed E-state index contributed by atoms with van der Waals surface area (Å²) in [5.41, 5.74) is 1.29. The third-order valence-corrected chi connectivity index (χ3v) is 3.86. The van der Waals surface area contributed by atoms with Gasteiger partial charge in [-0.1, -0.05) is 36.4 Å². The van der Waals surface area contributed by atoms with Crippen LogP contribution < -0.4 is 9.47 Å². The van der Waals surface area contributed by atoms with Gasteiger partial charge < -0.3 is 9.47 Å². The number of benzene rings is 2. The molecule has 0 aliphatic heterocycles. The number of rotatable bonds is 6. The second-order valence-electron chi connectivity index (χ2n) is 3.99. The minimum atomic E-state index is 0.659. The van der Waals surface area contributed by atoms with Crippen LogP contribution in [0.15, 0.2) is 53.4 Å². The maximum atomic E-state index is 5.67. The summed E-state index contributed by atoms with van der Waals surface area (Å²) in [6, 6.07) is 16.3. The first-order chi connectivity index (χ1) is 9.35. The largest absolute Gasteiger partial charge is 0.495 e. The number of thioether (sulfide) groups is 1. The number of hydrogen-bond donors (Lipinski definition) is 0. The van der Waals surface area contributed by atoms with E-state index in [4.69, 9.17) is 9.47 Å². The predicted octanol–water partition coefficient (Wildman–Crippen LogP) is 4.39. The Hall–Kier alpha value is -1.61. The van der Waals surface area contributed by atoms with Crippen molar-refractivity contribution in [1.82, 2.24) is 0 Å². The predicted molar refractivity (Wildman–Crippen MR) is 80.2 cm³/mol. The molecule has 19 heavy (non-hydrogen) atoms. The molecule has 2 aromatic rings. The molecule has 2 nitrogen and oxygen atoms in total. The third-order valence-electron chi connectivity index (χ3n) is 2.69. The van der Waals surface area contributed by atoms with E-state index in [2.05, 4.69) is 24.3 Å². The van der Waals surface area contributed by atoms with Gasteiger partial charge in [-0.25, -0.2) is 0 Å². The summed E-state index contributed by atoms with van der Waals surface area (Å²) in [6.07, 6.45) is 0. The standard InChI is InChI=1S/C16H18O2S/c1-3-18-15-11-7-10-14(17-2)16(15)19-12-13-8-5-4-6-9-13/h4-11H,3,12H2,1-2H3. The monoisotopic (exact) mass is 274 g/mol. The Kier molecular flexibility index (Phi) is 5.16. The molecule has 2 rings (SSSR count). The Bertz CT molecular complexity index is 511. The molecule has 0 aliphatic carbocycles. The van der Waals surface area contributed by atoms with E-state index < -0.39 is 0 Å². The zero-order chi connectivity index (χ0) is 13.5. The van der Waals surface area contributed by atoms with Gasteiger partial charge in [-0.15, -0.1) is 11.8 Å². The van der Waals surface area contributed by atoms with Gasteiger partial charge in [0.15, 0.2) is 0 Å². The quantitative estimate of drug-likeness (QED) is 0.728. The van der Waals surface area contributed by atoms with Crippen LogP contribution >= 0.6 is 11.8 Å². The van der Waals surface area contributed by atoms with E-state index in [0.29, 0.717) is 6.61 Å². The van der Waals surface area contributed by atoms with E-state index in [1.807, 2.05) is 31.2 Å². The van der Waals surface area contributed by atoms with E-state index in [0.717, 1.165) is 22.1 Å². The van der Waals surface area contributed by atoms with Gasteiger partial charge in [-0.3, -0.25) is 0 Å². The molecule has 0 bridgehead atoms. The van der Waals surface area contributed by atoms with Crippen LogP contribution in [0.25, 0.3) is 0 Å². The third kappa shape index (κ3) is 3.67. The van der Waals surface area contributed by atoms with Gasteiger partial charge in [0.25, 0.3) is 0 Å². The van der Waals surface area contributed by atoms with Gasteiger partial charge in [0.2, 0.25) is 0 Å². The summed E-state index contributed by atoms with van der Waals surface area (Å²) >= 11 is 1.74. The first-order valence-electron chi connectivity index (χ1n) is 6.31. The molecule has 2 aromatic carbocycles. The normalized spacial score (nSPS) is 10.2. The molecule has 3 heteroatoms. The highest BCUT2D eigenvalue weighted by molar-refractivity contribution is 7.98. The van der Waals surface area contributed by atoms with Crippen molar-refractivity contribution in [2.24, 2.45) is 0 Å². The first kappa shape index (κ1) is 13.8. The fraction of sp³-hybridized carbons (Fsp3) is 0.250. The van der Waals surface area contributed by atoms with Crippen molar-refractivity contribution in [1.29, 1.82) is 0 Å². The SMILES string of the molecule is CCOc1cccc(OC)c1SCc1ccccc1. The summed E-state index contributed by atoms with van der Waals surface area (Å²) in [6.45, 7) is 2.65. The maximum Gasteiger partial charge on any atom is 0.136 e. The fourth-order valence-electron chi connectivity index (χ4n) is 1.80. The van der Waals surface area contributed by atoms with Crippen LogP contribution in [-0.4, -0.2) is 13.7 Å². The lowest BCUT2D eigenvalue weighted by Crippen LogP contribution is -1.96. The van der Waals surface area contributed by atoms with Crippen molar-refractivity contribution < 1.29 is 9.47 Å². The minimum Gasteiger partial charge on any atom is -0.495 e. The molecule has 0 spiro atoms. The van der Waals surface area contributed by atoms with Gasteiger partial charge in [-0.2, -0.15) is 0 Å². The van der Waals surface area contributed by atoms with Crippen molar-refractivity contribution in [3.63, 3.8) is 0 Å². The Labute approximate surface area is 118 Å². The van der Waals surface area contributed by atoms with Crippen molar-refractivity contribution >= 4 is 11.8 Å². The number of methoxy groups -OCH3 is 1. The van der Waals surface area contributed by atoms with Crippen LogP contribution in [0.5, 0.6) is 11.5 Å². The first-order valence-corrected chi connectivity index (χ1v) is 7.30. The lowest BCUT2D eigenvalue weighted by atomic mass is 10.2. The van der Waals surface area contributed by atoms with Crippen molar-refractivity contribution in [2.75, 3.05) is 13.7 Å². The summed E-state index contributed by atoms with van der Waals surface area (Å²) in [5, 5.41) is 0. The summed E-state index contributed by atoms with van der Waals surface area (Å²) in [4.78, 5) is 1.07. The van der Waals surface area contributed by atoms with E-state index in [9.17, 15) is 0 Å². The average molecular weight is 274 g/mol. The molecule has 0 unspecified atom stereocenters. The van der Waals surface area contributed by atoms with Crippen molar-refractivity contribution in [2.45, 2.75) is 17.6 Å². The van der Waals surface area contributed by atoms with Crippen molar-refractivity contribution in [3.8, 4) is 11.5 Å². The molecule has 0 fully saturated rings. The smallest absolute Gasteiger partial charge is 0.136 e. The molecule has 0 saturated heterocycles. The van der Waals surface area contributed by atoms with Crippen LogP contribution in [0.2, 0.25) is 0 Å². The van der Waals surface area contributed by atoms with Gasteiger partial charge >= 0.3 is 0 Å². The molecule has 0 heterocycles. The number of hydrogen-bond acceptors (Lipinski definition) is 3. The molecule has 0 atom stereocenters. The van der Waals surface area contributed by atoms with Crippen LogP contribution in [-0.2, 0) is 5.75 Å². The molecule has 100 valence electrons. The van der Waals surface area contributed by atoms with E-state index >= 15 is 0 Å². The lowest BCUT2D eigenvalue weighted by Gasteiger charge is -2.13. The van der Waals surface area contributed by atoms with Crippen LogP contribution in [0.3, 0.4) is 0 Å². The fourth-order valence-corrected chi connectivity index (χ4v) is 2.86. The van der Waals surface area contributed by atoms with Crippen molar-refractivity contribution in [3.05, 3.63) is 54.1 Å². The maximum absolute atomic E-state index is 5.67. The average Bonchev–Trinajstić information content (AvgIpc) is 2.47. The molecule has 0 N–H and O–H groups in total. The van der Waals surface area contributed by atoms with E-state index in [1.54, 1.807) is 18.9 Å². The Morgan fingerprint density at radius 1 is 0.947 bits per heavy atom. The number of ether oxygens (including phenoxy) is 2. The Balaban J connectivity index is 2.17. The van der Waals surface area contributed by atoms with Crippen LogP contribution in [0.1, 0.15) is 12.5 Å². The Morgan fingerprint density at radius 2 is 1.68 bits per heavy atom. The van der Waals surface area contributed by atoms with E-state index in [-0.39, 0.29) is 0 Å². The molecule has 0 saturated carbocycles. The minimum absolute atomic E-state index is 0.659. The molecule has 0 amide bonds. The second-order valence-corrected chi connectivity index (χ2v) is 4.98. The van der Waals surface area contributed by atoms with Gasteiger partial charge in [0.05, 0.1) is 18.6 Å². The highest BCUT2D eigenvalue weighted by atomic mass is 32.2. The molecular weight excluding hydrogens is 256 g/mol. The molecule has 0 aromatic heterocycles. The zero-order valence-corrected chi connectivity index (χ0v) is 12.1. The van der Waals surface area contributed by atoms with Crippen LogP contribution in [0.4, 0.5) is 0 Å². The van der Waals surface area contributed by atoms with Gasteiger partial charge in [0.1, 0.15) is 11.5 Å². The van der Waals surface area contributed by atoms with E-state index in [1.165, 1.54) is 5.56 Å². The zero-order valence-electron chi connectivity index (χ0n) is 11.3. The Morgan fingerprint density at radius 3 is 2.37 bits per heavy atom. The second kappa shape index (κ2) is 7.10. The van der Waals surface area contributed by atoms with Crippen LogP contribution in [0, 0.1) is 0 Å². The summed E-state index contributed by atoms with van der Waals surface area (Å²) in [5.74, 6) is 2.66. The highest BCUT2D eigenvalue weighted by Crippen LogP contribution is 2.39. The highest BCUT2D eigenvalue weighted by Gasteiger charge is 2.10.